The molecule has 1 aromatic rings. The fraction of sp³-hybridized carbons (Fsp3) is 0.556. The standard InChI is InChI=1S/C9H12F4N4/c1-5-3-6(17-8(14-2)16-5)15-4-9(12,13)7(10)11/h3,7H,4H2,1-2H3,(H2,14,15,16,17). The Morgan fingerprint density at radius 3 is 2.53 bits per heavy atom. The van der Waals surface area contributed by atoms with Gasteiger partial charge >= 0.3 is 12.3 Å². The Morgan fingerprint density at radius 2 is 2.00 bits per heavy atom. The molecule has 0 atom stereocenters. The number of halogens is 4. The first-order valence-corrected chi connectivity index (χ1v) is 4.78. The van der Waals surface area contributed by atoms with Crippen molar-refractivity contribution in [2.45, 2.75) is 19.3 Å². The third kappa shape index (κ3) is 3.72. The zero-order valence-corrected chi connectivity index (χ0v) is 9.27. The molecule has 2 N–H and O–H groups in total. The number of anilines is 2. The van der Waals surface area contributed by atoms with E-state index in [0.717, 1.165) is 0 Å². The van der Waals surface area contributed by atoms with E-state index in [2.05, 4.69) is 20.6 Å². The minimum atomic E-state index is -4.08. The maximum atomic E-state index is 12.6. The number of hydrogen-bond acceptors (Lipinski definition) is 4. The van der Waals surface area contributed by atoms with Crippen molar-refractivity contribution in [1.29, 1.82) is 0 Å². The summed E-state index contributed by atoms with van der Waals surface area (Å²) in [7, 11) is 1.56. The molecular weight excluding hydrogens is 240 g/mol. The van der Waals surface area contributed by atoms with Crippen LogP contribution in [0.2, 0.25) is 0 Å². The number of alkyl halides is 4. The van der Waals surface area contributed by atoms with Crippen molar-refractivity contribution in [3.05, 3.63) is 11.8 Å². The van der Waals surface area contributed by atoms with E-state index < -0.39 is 18.9 Å². The molecule has 17 heavy (non-hydrogen) atoms. The molecule has 0 radical (unpaired) electrons. The highest BCUT2D eigenvalue weighted by Crippen LogP contribution is 2.23. The molecule has 0 spiro atoms. The molecule has 0 aromatic carbocycles. The molecule has 8 heteroatoms. The van der Waals surface area contributed by atoms with Crippen molar-refractivity contribution >= 4 is 11.8 Å². The van der Waals surface area contributed by atoms with Crippen LogP contribution in [0.15, 0.2) is 6.07 Å². The van der Waals surface area contributed by atoms with Gasteiger partial charge in [-0.25, -0.2) is 13.8 Å². The molecule has 1 rings (SSSR count). The van der Waals surface area contributed by atoms with Crippen LogP contribution in [0.5, 0.6) is 0 Å². The molecule has 0 aliphatic carbocycles. The van der Waals surface area contributed by atoms with Crippen molar-refractivity contribution in [1.82, 2.24) is 9.97 Å². The van der Waals surface area contributed by atoms with Crippen LogP contribution in [0.4, 0.5) is 29.3 Å². The number of nitrogens with one attached hydrogen (secondary N) is 2. The van der Waals surface area contributed by atoms with E-state index in [0.29, 0.717) is 5.69 Å². The smallest absolute Gasteiger partial charge is 0.324 e. The average Bonchev–Trinajstić information content (AvgIpc) is 2.25. The fourth-order valence-electron chi connectivity index (χ4n) is 1.06. The molecule has 1 heterocycles. The van der Waals surface area contributed by atoms with Gasteiger partial charge in [0.2, 0.25) is 5.95 Å². The van der Waals surface area contributed by atoms with E-state index in [1.165, 1.54) is 6.07 Å². The lowest BCUT2D eigenvalue weighted by molar-refractivity contribution is -0.117. The number of hydrogen-bond donors (Lipinski definition) is 2. The Kier molecular flexibility index (Phi) is 4.08. The van der Waals surface area contributed by atoms with Crippen LogP contribution in [0.25, 0.3) is 0 Å². The summed E-state index contributed by atoms with van der Waals surface area (Å²) in [5.74, 6) is -3.78. The SMILES string of the molecule is CNc1nc(C)cc(NCC(F)(F)C(F)F)n1. The normalized spacial score (nSPS) is 11.7. The van der Waals surface area contributed by atoms with E-state index >= 15 is 0 Å². The predicted molar refractivity (Wildman–Crippen MR) is 55.8 cm³/mol. The number of aromatic nitrogens is 2. The molecule has 4 nitrogen and oxygen atoms in total. The predicted octanol–water partition coefficient (Wildman–Crippen LogP) is 2.14. The molecule has 96 valence electrons. The summed E-state index contributed by atoms with van der Waals surface area (Å²) in [6.07, 6.45) is -3.71. The Hall–Kier alpha value is -1.60. The lowest BCUT2D eigenvalue weighted by Crippen LogP contribution is -2.35. The largest absolute Gasteiger partial charge is 0.364 e. The third-order valence-corrected chi connectivity index (χ3v) is 1.90. The zero-order valence-electron chi connectivity index (χ0n) is 9.27. The van der Waals surface area contributed by atoms with Crippen molar-refractivity contribution in [2.75, 3.05) is 24.2 Å². The van der Waals surface area contributed by atoms with Gasteiger partial charge in [-0.15, -0.1) is 0 Å². The topological polar surface area (TPSA) is 49.8 Å². The second-order valence-electron chi connectivity index (χ2n) is 3.38. The van der Waals surface area contributed by atoms with Gasteiger partial charge in [0.15, 0.2) is 0 Å². The molecule has 1 aromatic heterocycles. The highest BCUT2D eigenvalue weighted by Gasteiger charge is 2.40. The van der Waals surface area contributed by atoms with E-state index in [4.69, 9.17) is 0 Å². The van der Waals surface area contributed by atoms with Crippen LogP contribution in [0.1, 0.15) is 5.69 Å². The second-order valence-corrected chi connectivity index (χ2v) is 3.38. The molecule has 0 bridgehead atoms. The van der Waals surface area contributed by atoms with Gasteiger partial charge in [-0.2, -0.15) is 13.8 Å². The lowest BCUT2D eigenvalue weighted by atomic mass is 10.3. The maximum Gasteiger partial charge on any atom is 0.324 e. The Morgan fingerprint density at radius 1 is 1.35 bits per heavy atom. The number of nitrogens with zero attached hydrogens (tertiary/aromatic N) is 2. The highest BCUT2D eigenvalue weighted by atomic mass is 19.3. The van der Waals surface area contributed by atoms with Gasteiger partial charge in [-0.05, 0) is 6.92 Å². The van der Waals surface area contributed by atoms with Crippen molar-refractivity contribution < 1.29 is 17.6 Å². The van der Waals surface area contributed by atoms with Crippen LogP contribution in [0.3, 0.4) is 0 Å². The summed E-state index contributed by atoms with van der Waals surface area (Å²) >= 11 is 0. The molecule has 0 aliphatic heterocycles. The van der Waals surface area contributed by atoms with Gasteiger partial charge in [0.25, 0.3) is 0 Å². The van der Waals surface area contributed by atoms with E-state index in [-0.39, 0.29) is 11.8 Å². The fourth-order valence-corrected chi connectivity index (χ4v) is 1.06. The highest BCUT2D eigenvalue weighted by molar-refractivity contribution is 5.42. The lowest BCUT2D eigenvalue weighted by Gasteiger charge is -2.16. The molecule has 0 amide bonds. The summed E-state index contributed by atoms with van der Waals surface area (Å²) in [6.45, 7) is 0.462. The molecule has 0 saturated heterocycles. The van der Waals surface area contributed by atoms with Gasteiger partial charge < -0.3 is 10.6 Å². The molecule has 0 fully saturated rings. The van der Waals surface area contributed by atoms with Gasteiger partial charge in [0.05, 0.1) is 6.54 Å². The monoisotopic (exact) mass is 252 g/mol. The molecule has 0 unspecified atom stereocenters. The maximum absolute atomic E-state index is 12.6. The minimum Gasteiger partial charge on any atom is -0.364 e. The molecule has 0 aliphatic rings. The van der Waals surface area contributed by atoms with Crippen molar-refractivity contribution in [3.63, 3.8) is 0 Å². The first-order chi connectivity index (χ1) is 7.85. The van der Waals surface area contributed by atoms with E-state index in [1.54, 1.807) is 14.0 Å². The Labute approximate surface area is 95.5 Å². The summed E-state index contributed by atoms with van der Waals surface area (Å²) in [6, 6.07) is 1.39. The summed E-state index contributed by atoms with van der Waals surface area (Å²) in [5, 5.41) is 4.79. The quantitative estimate of drug-likeness (QED) is 0.788. The minimum absolute atomic E-state index is 0.0715. The van der Waals surface area contributed by atoms with Crippen molar-refractivity contribution in [2.24, 2.45) is 0 Å². The van der Waals surface area contributed by atoms with Gasteiger partial charge in [-0.3, -0.25) is 0 Å². The van der Waals surface area contributed by atoms with E-state index in [9.17, 15) is 17.6 Å². The second kappa shape index (κ2) is 5.15. The van der Waals surface area contributed by atoms with Crippen LogP contribution in [0, 0.1) is 6.92 Å². The first-order valence-electron chi connectivity index (χ1n) is 4.78. The van der Waals surface area contributed by atoms with Crippen LogP contribution < -0.4 is 10.6 Å². The summed E-state index contributed by atoms with van der Waals surface area (Å²) < 4.78 is 49.1. The van der Waals surface area contributed by atoms with Gasteiger partial charge in [-0.1, -0.05) is 0 Å². The van der Waals surface area contributed by atoms with Gasteiger partial charge in [0.1, 0.15) is 5.82 Å². The number of rotatable bonds is 5. The van der Waals surface area contributed by atoms with Crippen LogP contribution >= 0.6 is 0 Å². The summed E-state index contributed by atoms with van der Waals surface area (Å²) in [4.78, 5) is 7.74. The Bertz CT molecular complexity index is 383. The van der Waals surface area contributed by atoms with Crippen LogP contribution in [-0.4, -0.2) is 35.9 Å². The molecular formula is C9H12F4N4. The summed E-state index contributed by atoms with van der Waals surface area (Å²) in [5.41, 5.74) is 0.534. The Balaban J connectivity index is 2.72. The van der Waals surface area contributed by atoms with E-state index in [1.807, 2.05) is 0 Å². The van der Waals surface area contributed by atoms with Gasteiger partial charge in [0, 0.05) is 18.8 Å². The van der Waals surface area contributed by atoms with Crippen LogP contribution in [-0.2, 0) is 0 Å². The zero-order chi connectivity index (χ0) is 13.1. The average molecular weight is 252 g/mol. The molecule has 0 saturated carbocycles. The number of aryl methyl sites for hydroxylation is 1. The van der Waals surface area contributed by atoms with Crippen molar-refractivity contribution in [3.8, 4) is 0 Å². The third-order valence-electron chi connectivity index (χ3n) is 1.90. The first kappa shape index (κ1) is 13.5.